The summed E-state index contributed by atoms with van der Waals surface area (Å²) in [7, 11) is 2.17. The van der Waals surface area contributed by atoms with Crippen LogP contribution in [0.5, 0.6) is 0 Å². The Morgan fingerprint density at radius 3 is 2.62 bits per heavy atom. The number of benzene rings is 1. The zero-order valence-electron chi connectivity index (χ0n) is 12.8. The quantitative estimate of drug-likeness (QED) is 0.800. The number of likely N-dealkylation sites (N-methyl/N-ethyl adjacent to an activating group) is 1. The molecule has 2 nitrogen and oxygen atoms in total. The Morgan fingerprint density at radius 2 is 2.05 bits per heavy atom. The second-order valence-corrected chi connectivity index (χ2v) is 7.38. The van der Waals surface area contributed by atoms with Crippen LogP contribution in [0.1, 0.15) is 35.4 Å². The van der Waals surface area contributed by atoms with Gasteiger partial charge in [-0.3, -0.25) is 4.90 Å². The van der Waals surface area contributed by atoms with Crippen LogP contribution in [0.2, 0.25) is 0 Å². The molecule has 0 saturated carbocycles. The van der Waals surface area contributed by atoms with Crippen molar-refractivity contribution in [2.24, 2.45) is 5.73 Å². The lowest BCUT2D eigenvalue weighted by molar-refractivity contribution is 0.204. The minimum atomic E-state index is 0.143. The van der Waals surface area contributed by atoms with Crippen LogP contribution in [0.25, 0.3) is 0 Å². The van der Waals surface area contributed by atoms with Gasteiger partial charge in [-0.2, -0.15) is 0 Å². The second-order valence-electron chi connectivity index (χ2n) is 5.53. The molecular weight excluding hydrogens is 344 g/mol. The van der Waals surface area contributed by atoms with E-state index < -0.39 is 0 Å². The highest BCUT2D eigenvalue weighted by molar-refractivity contribution is 9.10. The highest BCUT2D eigenvalue weighted by Crippen LogP contribution is 2.32. The molecule has 2 rings (SSSR count). The van der Waals surface area contributed by atoms with Gasteiger partial charge in [-0.05, 0) is 53.5 Å². The van der Waals surface area contributed by atoms with E-state index >= 15 is 0 Å². The number of hydrogen-bond donors (Lipinski definition) is 1. The van der Waals surface area contributed by atoms with Gasteiger partial charge < -0.3 is 5.73 Å². The third-order valence-electron chi connectivity index (χ3n) is 3.91. The molecule has 0 fully saturated rings. The first-order chi connectivity index (χ1) is 10.0. The molecule has 21 heavy (non-hydrogen) atoms. The van der Waals surface area contributed by atoms with Crippen molar-refractivity contribution in [3.8, 4) is 0 Å². The third kappa shape index (κ3) is 4.16. The van der Waals surface area contributed by atoms with Crippen molar-refractivity contribution >= 4 is 27.3 Å². The highest BCUT2D eigenvalue weighted by atomic mass is 79.9. The largest absolute Gasteiger partial charge is 0.326 e. The average molecular weight is 367 g/mol. The van der Waals surface area contributed by atoms with E-state index in [-0.39, 0.29) is 12.1 Å². The zero-order chi connectivity index (χ0) is 15.4. The Labute approximate surface area is 140 Å². The van der Waals surface area contributed by atoms with E-state index in [1.807, 2.05) is 0 Å². The fraction of sp³-hybridized carbons (Fsp3) is 0.412. The number of halogens is 1. The number of nitrogens with two attached hydrogens (primary N) is 1. The molecule has 2 unspecified atom stereocenters. The van der Waals surface area contributed by atoms with Crippen molar-refractivity contribution in [3.05, 3.63) is 56.2 Å². The van der Waals surface area contributed by atoms with Crippen molar-refractivity contribution < 1.29 is 0 Å². The Bertz CT molecular complexity index is 582. The lowest BCUT2D eigenvalue weighted by atomic mass is 10.0. The van der Waals surface area contributed by atoms with Crippen molar-refractivity contribution in [2.75, 3.05) is 7.05 Å². The SMILES string of the molecule is CCC(N)C(c1cc(Br)cs1)N(C)Cc1ccccc1C. The van der Waals surface area contributed by atoms with E-state index in [4.69, 9.17) is 5.73 Å². The van der Waals surface area contributed by atoms with Gasteiger partial charge in [0.1, 0.15) is 0 Å². The topological polar surface area (TPSA) is 29.3 Å². The maximum atomic E-state index is 6.40. The van der Waals surface area contributed by atoms with Crippen LogP contribution in [0, 0.1) is 6.92 Å². The summed E-state index contributed by atoms with van der Waals surface area (Å²) in [5, 5.41) is 2.13. The van der Waals surface area contributed by atoms with Crippen LogP contribution in [0.3, 0.4) is 0 Å². The predicted octanol–water partition coefficient (Wildman–Crippen LogP) is 4.73. The Balaban J connectivity index is 2.22. The minimum Gasteiger partial charge on any atom is -0.326 e. The predicted molar refractivity (Wildman–Crippen MR) is 95.7 cm³/mol. The van der Waals surface area contributed by atoms with E-state index in [2.05, 4.69) is 77.4 Å². The monoisotopic (exact) mass is 366 g/mol. The van der Waals surface area contributed by atoms with Crippen LogP contribution in [0.4, 0.5) is 0 Å². The number of rotatable bonds is 6. The zero-order valence-corrected chi connectivity index (χ0v) is 15.2. The minimum absolute atomic E-state index is 0.143. The fourth-order valence-electron chi connectivity index (χ4n) is 2.62. The molecule has 2 atom stereocenters. The molecule has 114 valence electrons. The van der Waals surface area contributed by atoms with Crippen LogP contribution in [0.15, 0.2) is 40.2 Å². The first kappa shape index (κ1) is 16.7. The van der Waals surface area contributed by atoms with Crippen molar-refractivity contribution in [1.29, 1.82) is 0 Å². The van der Waals surface area contributed by atoms with Gasteiger partial charge in [-0.25, -0.2) is 0 Å². The number of thiophene rings is 1. The molecule has 0 bridgehead atoms. The summed E-state index contributed by atoms with van der Waals surface area (Å²) < 4.78 is 1.14. The van der Waals surface area contributed by atoms with E-state index in [0.717, 1.165) is 17.4 Å². The van der Waals surface area contributed by atoms with Crippen LogP contribution >= 0.6 is 27.3 Å². The molecule has 0 radical (unpaired) electrons. The van der Waals surface area contributed by atoms with E-state index in [9.17, 15) is 0 Å². The molecule has 0 aliphatic rings. The summed E-state index contributed by atoms with van der Waals surface area (Å²) in [4.78, 5) is 3.70. The third-order valence-corrected chi connectivity index (χ3v) is 5.68. The molecule has 0 amide bonds. The maximum absolute atomic E-state index is 6.40. The second kappa shape index (κ2) is 7.54. The molecule has 1 aromatic heterocycles. The molecule has 0 aliphatic carbocycles. The van der Waals surface area contributed by atoms with E-state index in [1.165, 1.54) is 16.0 Å². The normalized spacial score (nSPS) is 14.4. The highest BCUT2D eigenvalue weighted by Gasteiger charge is 2.24. The standard InChI is InChI=1S/C17H23BrN2S/c1-4-15(19)17(16-9-14(18)11-21-16)20(3)10-13-8-6-5-7-12(13)2/h5-9,11,15,17H,4,10,19H2,1-3H3. The summed E-state index contributed by atoms with van der Waals surface area (Å²) >= 11 is 5.33. The van der Waals surface area contributed by atoms with Gasteiger partial charge in [0.15, 0.2) is 0 Å². The molecule has 2 aromatic rings. The lowest BCUT2D eigenvalue weighted by Crippen LogP contribution is -2.38. The van der Waals surface area contributed by atoms with Crippen LogP contribution < -0.4 is 5.73 Å². The first-order valence-corrected chi connectivity index (χ1v) is 8.94. The van der Waals surface area contributed by atoms with Crippen LogP contribution in [-0.2, 0) is 6.54 Å². The van der Waals surface area contributed by atoms with Gasteiger partial charge in [0.25, 0.3) is 0 Å². The van der Waals surface area contributed by atoms with Gasteiger partial charge in [-0.1, -0.05) is 31.2 Å². The molecule has 1 aromatic carbocycles. The van der Waals surface area contributed by atoms with E-state index in [1.54, 1.807) is 11.3 Å². The molecule has 0 saturated heterocycles. The Morgan fingerprint density at radius 1 is 1.33 bits per heavy atom. The fourth-order valence-corrected chi connectivity index (χ4v) is 4.30. The summed E-state index contributed by atoms with van der Waals surface area (Å²) in [6.07, 6.45) is 0.971. The summed E-state index contributed by atoms with van der Waals surface area (Å²) in [6.45, 7) is 5.24. The van der Waals surface area contributed by atoms with Crippen molar-refractivity contribution in [2.45, 2.75) is 38.9 Å². The van der Waals surface area contributed by atoms with Gasteiger partial charge >= 0.3 is 0 Å². The number of aryl methyl sites for hydroxylation is 1. The molecular formula is C17H23BrN2S. The van der Waals surface area contributed by atoms with E-state index in [0.29, 0.717) is 0 Å². The van der Waals surface area contributed by atoms with Gasteiger partial charge in [-0.15, -0.1) is 11.3 Å². The average Bonchev–Trinajstić information content (AvgIpc) is 2.87. The van der Waals surface area contributed by atoms with Gasteiger partial charge in [0.05, 0.1) is 6.04 Å². The Kier molecular flexibility index (Phi) is 5.99. The summed E-state index contributed by atoms with van der Waals surface area (Å²) in [5.41, 5.74) is 9.10. The first-order valence-electron chi connectivity index (χ1n) is 7.27. The lowest BCUT2D eigenvalue weighted by Gasteiger charge is -2.32. The smallest absolute Gasteiger partial charge is 0.0594 e. The van der Waals surface area contributed by atoms with Crippen LogP contribution in [-0.4, -0.2) is 18.0 Å². The molecule has 4 heteroatoms. The van der Waals surface area contributed by atoms with Crippen molar-refractivity contribution in [1.82, 2.24) is 4.90 Å². The van der Waals surface area contributed by atoms with Crippen molar-refractivity contribution in [3.63, 3.8) is 0 Å². The number of nitrogens with zero attached hydrogens (tertiary/aromatic N) is 1. The molecule has 0 spiro atoms. The Hall–Kier alpha value is -0.680. The summed E-state index contributed by atoms with van der Waals surface area (Å²) in [6, 6.07) is 11.1. The maximum Gasteiger partial charge on any atom is 0.0594 e. The van der Waals surface area contributed by atoms with Gasteiger partial charge in [0.2, 0.25) is 0 Å². The molecule has 1 heterocycles. The van der Waals surface area contributed by atoms with Gasteiger partial charge in [0, 0.05) is 27.3 Å². The summed E-state index contributed by atoms with van der Waals surface area (Å²) in [5.74, 6) is 0. The number of hydrogen-bond acceptors (Lipinski definition) is 3. The molecule has 2 N–H and O–H groups in total. The molecule has 0 aliphatic heterocycles.